The standard InChI is InChI=1S/C12H23N/c1-4-9(2)12(8-13-3)6-10-5-11(10)7-12/h9-11,13H,4-8H2,1-3H3. The van der Waals surface area contributed by atoms with E-state index in [1.54, 1.807) is 6.42 Å². The fraction of sp³-hybridized carbons (Fsp3) is 1.00. The molecule has 0 heterocycles. The molecule has 13 heavy (non-hydrogen) atoms. The SMILES string of the molecule is CCC(C)C1(CNC)CC2CC2C1. The van der Waals surface area contributed by atoms with Gasteiger partial charge in [-0.3, -0.25) is 0 Å². The first-order valence-electron chi connectivity index (χ1n) is 5.86. The molecule has 2 fully saturated rings. The Balaban J connectivity index is 2.03. The van der Waals surface area contributed by atoms with Crippen molar-refractivity contribution in [2.45, 2.75) is 39.5 Å². The zero-order valence-electron chi connectivity index (χ0n) is 9.27. The Hall–Kier alpha value is -0.0400. The van der Waals surface area contributed by atoms with Crippen LogP contribution in [0.25, 0.3) is 0 Å². The van der Waals surface area contributed by atoms with Gasteiger partial charge in [0.2, 0.25) is 0 Å². The van der Waals surface area contributed by atoms with Crippen LogP contribution in [0.3, 0.4) is 0 Å². The molecular weight excluding hydrogens is 158 g/mol. The van der Waals surface area contributed by atoms with Crippen molar-refractivity contribution >= 4 is 0 Å². The third kappa shape index (κ3) is 1.52. The summed E-state index contributed by atoms with van der Waals surface area (Å²) in [6.07, 6.45) is 5.91. The minimum Gasteiger partial charge on any atom is -0.319 e. The molecule has 3 atom stereocenters. The molecule has 2 aliphatic carbocycles. The number of nitrogens with one attached hydrogen (secondary N) is 1. The van der Waals surface area contributed by atoms with Crippen LogP contribution in [0.15, 0.2) is 0 Å². The summed E-state index contributed by atoms with van der Waals surface area (Å²) >= 11 is 0. The minimum atomic E-state index is 0.664. The van der Waals surface area contributed by atoms with E-state index >= 15 is 0 Å². The molecule has 0 amide bonds. The number of rotatable bonds is 4. The van der Waals surface area contributed by atoms with Crippen LogP contribution in [0.5, 0.6) is 0 Å². The van der Waals surface area contributed by atoms with E-state index in [0.29, 0.717) is 5.41 Å². The van der Waals surface area contributed by atoms with Crippen molar-refractivity contribution in [3.05, 3.63) is 0 Å². The zero-order valence-corrected chi connectivity index (χ0v) is 9.27. The van der Waals surface area contributed by atoms with Crippen molar-refractivity contribution in [1.29, 1.82) is 0 Å². The van der Waals surface area contributed by atoms with Crippen LogP contribution >= 0.6 is 0 Å². The predicted octanol–water partition coefficient (Wildman–Crippen LogP) is 2.67. The van der Waals surface area contributed by atoms with Crippen molar-refractivity contribution in [2.75, 3.05) is 13.6 Å². The summed E-state index contributed by atoms with van der Waals surface area (Å²) in [6.45, 7) is 6.03. The minimum absolute atomic E-state index is 0.664. The lowest BCUT2D eigenvalue weighted by atomic mass is 9.71. The van der Waals surface area contributed by atoms with E-state index in [2.05, 4.69) is 26.2 Å². The normalized spacial score (nSPS) is 44.5. The predicted molar refractivity (Wildman–Crippen MR) is 56.6 cm³/mol. The molecule has 3 unspecified atom stereocenters. The van der Waals surface area contributed by atoms with Gasteiger partial charge in [0, 0.05) is 6.54 Å². The topological polar surface area (TPSA) is 12.0 Å². The van der Waals surface area contributed by atoms with Crippen molar-refractivity contribution in [3.63, 3.8) is 0 Å². The van der Waals surface area contributed by atoms with Crippen LogP contribution in [0.2, 0.25) is 0 Å². The van der Waals surface area contributed by atoms with Gasteiger partial charge < -0.3 is 5.32 Å². The molecule has 2 aliphatic rings. The van der Waals surface area contributed by atoms with Crippen LogP contribution in [-0.2, 0) is 0 Å². The first-order valence-corrected chi connectivity index (χ1v) is 5.86. The summed E-state index contributed by atoms with van der Waals surface area (Å²) in [5, 5.41) is 3.41. The van der Waals surface area contributed by atoms with Crippen LogP contribution < -0.4 is 5.32 Å². The molecule has 1 heteroatoms. The van der Waals surface area contributed by atoms with E-state index in [0.717, 1.165) is 17.8 Å². The average molecular weight is 181 g/mol. The van der Waals surface area contributed by atoms with E-state index in [9.17, 15) is 0 Å². The van der Waals surface area contributed by atoms with Gasteiger partial charge in [-0.15, -0.1) is 0 Å². The summed E-state index contributed by atoms with van der Waals surface area (Å²) in [5.41, 5.74) is 0.664. The number of fused-ring (bicyclic) bond motifs is 1. The van der Waals surface area contributed by atoms with Crippen LogP contribution in [-0.4, -0.2) is 13.6 Å². The Morgan fingerprint density at radius 1 is 1.38 bits per heavy atom. The fourth-order valence-corrected chi connectivity index (χ4v) is 3.44. The molecule has 2 rings (SSSR count). The summed E-state index contributed by atoms with van der Waals surface area (Å²) in [7, 11) is 2.11. The maximum atomic E-state index is 3.41. The Labute approximate surface area is 82.3 Å². The van der Waals surface area contributed by atoms with Gasteiger partial charge in [-0.2, -0.15) is 0 Å². The van der Waals surface area contributed by atoms with E-state index in [1.165, 1.54) is 25.8 Å². The van der Waals surface area contributed by atoms with Crippen molar-refractivity contribution < 1.29 is 0 Å². The molecule has 0 saturated heterocycles. The van der Waals surface area contributed by atoms with Gasteiger partial charge in [-0.05, 0) is 49.5 Å². The van der Waals surface area contributed by atoms with Crippen molar-refractivity contribution in [2.24, 2.45) is 23.2 Å². The molecule has 0 bridgehead atoms. The number of hydrogen-bond donors (Lipinski definition) is 1. The first kappa shape index (κ1) is 9.51. The van der Waals surface area contributed by atoms with Gasteiger partial charge in [0.1, 0.15) is 0 Å². The monoisotopic (exact) mass is 181 g/mol. The highest BCUT2D eigenvalue weighted by molar-refractivity contribution is 5.05. The van der Waals surface area contributed by atoms with Gasteiger partial charge in [0.25, 0.3) is 0 Å². The molecule has 76 valence electrons. The van der Waals surface area contributed by atoms with Crippen LogP contribution in [0, 0.1) is 23.2 Å². The summed E-state index contributed by atoms with van der Waals surface area (Å²) in [6, 6.07) is 0. The second-order valence-corrected chi connectivity index (χ2v) is 5.37. The second-order valence-electron chi connectivity index (χ2n) is 5.37. The molecular formula is C12H23N. The molecule has 0 aromatic heterocycles. The van der Waals surface area contributed by atoms with Crippen LogP contribution in [0.4, 0.5) is 0 Å². The Morgan fingerprint density at radius 2 is 2.00 bits per heavy atom. The highest BCUT2D eigenvalue weighted by Gasteiger charge is 2.54. The Kier molecular flexibility index (Phi) is 2.39. The fourth-order valence-electron chi connectivity index (χ4n) is 3.44. The lowest BCUT2D eigenvalue weighted by Gasteiger charge is -2.36. The van der Waals surface area contributed by atoms with E-state index in [1.807, 2.05) is 0 Å². The maximum Gasteiger partial charge on any atom is 0.000756 e. The smallest absolute Gasteiger partial charge is 0.000756 e. The van der Waals surface area contributed by atoms with Crippen molar-refractivity contribution in [1.82, 2.24) is 5.32 Å². The molecule has 0 aromatic rings. The third-order valence-corrected chi connectivity index (χ3v) is 4.59. The summed E-state index contributed by atoms with van der Waals surface area (Å²) < 4.78 is 0. The average Bonchev–Trinajstić information content (AvgIpc) is 2.74. The molecule has 0 aliphatic heterocycles. The Bertz CT molecular complexity index is 178. The van der Waals surface area contributed by atoms with Gasteiger partial charge in [0.05, 0.1) is 0 Å². The molecule has 1 N–H and O–H groups in total. The molecule has 0 aromatic carbocycles. The van der Waals surface area contributed by atoms with E-state index in [4.69, 9.17) is 0 Å². The third-order valence-electron chi connectivity index (χ3n) is 4.59. The lowest BCUT2D eigenvalue weighted by molar-refractivity contribution is 0.153. The van der Waals surface area contributed by atoms with Crippen molar-refractivity contribution in [3.8, 4) is 0 Å². The summed E-state index contributed by atoms with van der Waals surface area (Å²) in [5.74, 6) is 3.14. The highest BCUT2D eigenvalue weighted by atomic mass is 14.8. The molecule has 0 spiro atoms. The van der Waals surface area contributed by atoms with Gasteiger partial charge in [-0.25, -0.2) is 0 Å². The molecule has 1 nitrogen and oxygen atoms in total. The summed E-state index contributed by atoms with van der Waals surface area (Å²) in [4.78, 5) is 0. The molecule has 2 saturated carbocycles. The largest absolute Gasteiger partial charge is 0.319 e. The van der Waals surface area contributed by atoms with Gasteiger partial charge in [0.15, 0.2) is 0 Å². The second kappa shape index (κ2) is 3.27. The van der Waals surface area contributed by atoms with Gasteiger partial charge in [-0.1, -0.05) is 20.3 Å². The zero-order chi connectivity index (χ0) is 9.47. The molecule has 0 radical (unpaired) electrons. The van der Waals surface area contributed by atoms with Crippen LogP contribution in [0.1, 0.15) is 39.5 Å². The highest BCUT2D eigenvalue weighted by Crippen LogP contribution is 2.62. The maximum absolute atomic E-state index is 3.41. The van der Waals surface area contributed by atoms with Gasteiger partial charge >= 0.3 is 0 Å². The number of hydrogen-bond acceptors (Lipinski definition) is 1. The first-order chi connectivity index (χ1) is 6.22. The lowest BCUT2D eigenvalue weighted by Crippen LogP contribution is -2.37. The quantitative estimate of drug-likeness (QED) is 0.703. The van der Waals surface area contributed by atoms with E-state index in [-0.39, 0.29) is 0 Å². The van der Waals surface area contributed by atoms with E-state index < -0.39 is 0 Å². The Morgan fingerprint density at radius 3 is 2.46 bits per heavy atom.